The number of likely N-dealkylation sites (N-methyl/N-ethyl adjacent to an activating group) is 2. The molecule has 0 saturated carbocycles. The summed E-state index contributed by atoms with van der Waals surface area (Å²) in [6.45, 7) is 6.36. The van der Waals surface area contributed by atoms with Crippen molar-refractivity contribution < 1.29 is 9.53 Å². The van der Waals surface area contributed by atoms with Gasteiger partial charge < -0.3 is 25.6 Å². The van der Waals surface area contributed by atoms with Crippen molar-refractivity contribution in [3.8, 4) is 0 Å². The number of nitrogens with one attached hydrogen (secondary N) is 2. The van der Waals surface area contributed by atoms with Crippen LogP contribution in [0.15, 0.2) is 30.3 Å². The zero-order valence-electron chi connectivity index (χ0n) is 20.3. The smallest absolute Gasteiger partial charge is 0.337 e. The SMILES string of the molecule is CCN(CCN(C)C)c1nc(/C=C/c2ccc(C(=O)OC)cc2)nc(Nc2cc(C)[nH]n2)c1N. The monoisotopic (exact) mass is 464 g/mol. The van der Waals surface area contributed by atoms with Crippen molar-refractivity contribution in [3.05, 3.63) is 53.0 Å². The van der Waals surface area contributed by atoms with Crippen molar-refractivity contribution in [1.29, 1.82) is 0 Å². The lowest BCUT2D eigenvalue weighted by Gasteiger charge is -2.26. The minimum Gasteiger partial charge on any atom is -0.465 e. The third kappa shape index (κ3) is 6.32. The van der Waals surface area contributed by atoms with Crippen molar-refractivity contribution >= 4 is 41.3 Å². The number of H-pyrrole nitrogens is 1. The molecule has 1 aromatic carbocycles. The molecule has 3 rings (SSSR count). The van der Waals surface area contributed by atoms with Crippen molar-refractivity contribution in [1.82, 2.24) is 25.1 Å². The Bertz CT molecular complexity index is 1140. The van der Waals surface area contributed by atoms with Gasteiger partial charge in [0.25, 0.3) is 0 Å². The molecule has 0 spiro atoms. The van der Waals surface area contributed by atoms with Gasteiger partial charge in [-0.25, -0.2) is 14.8 Å². The number of aryl methyl sites for hydroxylation is 1. The Morgan fingerprint density at radius 1 is 1.18 bits per heavy atom. The van der Waals surface area contributed by atoms with Gasteiger partial charge >= 0.3 is 5.97 Å². The fourth-order valence-corrected chi connectivity index (χ4v) is 3.24. The van der Waals surface area contributed by atoms with E-state index in [0.29, 0.717) is 34.5 Å². The maximum atomic E-state index is 11.7. The first-order valence-corrected chi connectivity index (χ1v) is 11.0. The molecule has 0 fully saturated rings. The number of aromatic nitrogens is 4. The Labute approximate surface area is 199 Å². The molecule has 0 saturated heterocycles. The summed E-state index contributed by atoms with van der Waals surface area (Å²) in [6, 6.07) is 8.98. The van der Waals surface area contributed by atoms with Gasteiger partial charge in [0, 0.05) is 31.4 Å². The van der Waals surface area contributed by atoms with Crippen LogP contribution in [0.25, 0.3) is 12.2 Å². The number of rotatable bonds is 10. The number of aromatic amines is 1. The molecular formula is C24H32N8O2. The van der Waals surface area contributed by atoms with Gasteiger partial charge in [0.2, 0.25) is 0 Å². The summed E-state index contributed by atoms with van der Waals surface area (Å²) in [6.07, 6.45) is 3.70. The van der Waals surface area contributed by atoms with Crippen molar-refractivity contribution in [2.45, 2.75) is 13.8 Å². The third-order valence-corrected chi connectivity index (χ3v) is 5.15. The van der Waals surface area contributed by atoms with E-state index in [1.807, 2.05) is 51.4 Å². The first-order valence-electron chi connectivity index (χ1n) is 11.0. The van der Waals surface area contributed by atoms with E-state index in [2.05, 4.69) is 37.2 Å². The van der Waals surface area contributed by atoms with Gasteiger partial charge in [-0.2, -0.15) is 5.10 Å². The first kappa shape index (κ1) is 24.7. The summed E-state index contributed by atoms with van der Waals surface area (Å²) >= 11 is 0. The number of nitrogens with two attached hydrogens (primary N) is 1. The normalized spacial score (nSPS) is 11.2. The Kier molecular flexibility index (Phi) is 8.20. The van der Waals surface area contributed by atoms with Crippen LogP contribution in [0.4, 0.5) is 23.1 Å². The molecule has 3 aromatic rings. The number of nitrogen functional groups attached to an aromatic ring is 1. The Morgan fingerprint density at radius 3 is 2.50 bits per heavy atom. The molecule has 2 aromatic heterocycles. The molecule has 0 radical (unpaired) electrons. The van der Waals surface area contributed by atoms with Gasteiger partial charge in [0.05, 0.1) is 12.7 Å². The summed E-state index contributed by atoms with van der Waals surface area (Å²) < 4.78 is 4.75. The van der Waals surface area contributed by atoms with Gasteiger partial charge in [-0.15, -0.1) is 0 Å². The number of methoxy groups -OCH3 is 1. The molecule has 180 valence electrons. The van der Waals surface area contributed by atoms with E-state index >= 15 is 0 Å². The average Bonchev–Trinajstić information content (AvgIpc) is 3.24. The van der Waals surface area contributed by atoms with Crippen LogP contribution >= 0.6 is 0 Å². The molecule has 10 nitrogen and oxygen atoms in total. The van der Waals surface area contributed by atoms with Crippen molar-refractivity contribution in [2.75, 3.05) is 56.8 Å². The molecule has 2 heterocycles. The molecule has 10 heteroatoms. The highest BCUT2D eigenvalue weighted by Crippen LogP contribution is 2.30. The van der Waals surface area contributed by atoms with Gasteiger partial charge in [-0.05, 0) is 51.7 Å². The highest BCUT2D eigenvalue weighted by Gasteiger charge is 2.17. The van der Waals surface area contributed by atoms with Crippen LogP contribution in [-0.4, -0.2) is 71.9 Å². The second-order valence-electron chi connectivity index (χ2n) is 8.06. The zero-order chi connectivity index (χ0) is 24.7. The molecule has 4 N–H and O–H groups in total. The fourth-order valence-electron chi connectivity index (χ4n) is 3.24. The standard InChI is InChI=1S/C24H32N8O2/c1-6-32(14-13-31(3)4)23-21(25)22(27-20-15-16(2)29-30-20)26-19(28-23)12-9-17-7-10-18(11-8-17)24(33)34-5/h7-12,15H,6,13-14,25H2,1-5H3,(H2,26,27,28,29,30)/b12-9+. The largest absolute Gasteiger partial charge is 0.465 e. The van der Waals surface area contributed by atoms with Gasteiger partial charge in [0.15, 0.2) is 23.3 Å². The first-order chi connectivity index (χ1) is 16.3. The van der Waals surface area contributed by atoms with E-state index in [-0.39, 0.29) is 5.97 Å². The molecule has 0 aliphatic heterocycles. The Hall–Kier alpha value is -3.92. The third-order valence-electron chi connectivity index (χ3n) is 5.15. The number of carbonyl (C=O) groups is 1. The van der Waals surface area contributed by atoms with E-state index in [9.17, 15) is 4.79 Å². The Morgan fingerprint density at radius 2 is 1.91 bits per heavy atom. The minimum absolute atomic E-state index is 0.372. The number of esters is 1. The number of hydrogen-bond donors (Lipinski definition) is 3. The van der Waals surface area contributed by atoms with E-state index in [1.54, 1.807) is 12.1 Å². The van der Waals surface area contributed by atoms with Crippen LogP contribution in [0.3, 0.4) is 0 Å². The highest BCUT2D eigenvalue weighted by molar-refractivity contribution is 5.89. The van der Waals surface area contributed by atoms with E-state index in [0.717, 1.165) is 30.9 Å². The number of benzene rings is 1. The highest BCUT2D eigenvalue weighted by atomic mass is 16.5. The van der Waals surface area contributed by atoms with Crippen LogP contribution in [0.5, 0.6) is 0 Å². The molecule has 0 unspecified atom stereocenters. The van der Waals surface area contributed by atoms with E-state index in [1.165, 1.54) is 7.11 Å². The summed E-state index contributed by atoms with van der Waals surface area (Å²) in [4.78, 5) is 25.3. The van der Waals surface area contributed by atoms with Gasteiger partial charge in [0.1, 0.15) is 5.69 Å². The van der Waals surface area contributed by atoms with Crippen molar-refractivity contribution in [2.24, 2.45) is 0 Å². The summed E-state index contributed by atoms with van der Waals surface area (Å²) in [7, 11) is 5.42. The average molecular weight is 465 g/mol. The topological polar surface area (TPSA) is 125 Å². The number of ether oxygens (including phenoxy) is 1. The Balaban J connectivity index is 1.95. The maximum Gasteiger partial charge on any atom is 0.337 e. The van der Waals surface area contributed by atoms with E-state index < -0.39 is 0 Å². The number of nitrogens with zero attached hydrogens (tertiary/aromatic N) is 5. The lowest BCUT2D eigenvalue weighted by Crippen LogP contribution is -2.33. The van der Waals surface area contributed by atoms with Crippen LogP contribution in [0.1, 0.15) is 34.4 Å². The molecule has 0 atom stereocenters. The quantitative estimate of drug-likeness (QED) is 0.388. The molecule has 0 bridgehead atoms. The minimum atomic E-state index is -0.372. The lowest BCUT2D eigenvalue weighted by molar-refractivity contribution is 0.0600. The second-order valence-corrected chi connectivity index (χ2v) is 8.06. The lowest BCUT2D eigenvalue weighted by atomic mass is 10.1. The predicted molar refractivity (Wildman–Crippen MR) is 136 cm³/mol. The molecule has 0 aliphatic carbocycles. The molecular weight excluding hydrogens is 432 g/mol. The number of anilines is 4. The van der Waals surface area contributed by atoms with Crippen LogP contribution < -0.4 is 16.0 Å². The summed E-state index contributed by atoms with van der Waals surface area (Å²) in [5.41, 5.74) is 9.28. The number of carbonyl (C=O) groups excluding carboxylic acids is 1. The zero-order valence-corrected chi connectivity index (χ0v) is 20.3. The maximum absolute atomic E-state index is 11.7. The fraction of sp³-hybridized carbons (Fsp3) is 0.333. The molecule has 34 heavy (non-hydrogen) atoms. The summed E-state index contributed by atoms with van der Waals surface area (Å²) in [5, 5.41) is 10.3. The van der Waals surface area contributed by atoms with E-state index in [4.69, 9.17) is 15.5 Å². The molecule has 0 aliphatic rings. The van der Waals surface area contributed by atoms with Crippen LogP contribution in [0.2, 0.25) is 0 Å². The second kappa shape index (κ2) is 11.3. The van der Waals surface area contributed by atoms with Crippen molar-refractivity contribution in [3.63, 3.8) is 0 Å². The van der Waals surface area contributed by atoms with Gasteiger partial charge in [-0.3, -0.25) is 5.10 Å². The van der Waals surface area contributed by atoms with Gasteiger partial charge in [-0.1, -0.05) is 18.2 Å². The predicted octanol–water partition coefficient (Wildman–Crippen LogP) is 3.18. The van der Waals surface area contributed by atoms with Crippen LogP contribution in [-0.2, 0) is 4.74 Å². The summed E-state index contributed by atoms with van der Waals surface area (Å²) in [5.74, 6) is 1.90. The molecule has 0 amide bonds. The van der Waals surface area contributed by atoms with Crippen LogP contribution in [0, 0.1) is 6.92 Å². The number of hydrogen-bond acceptors (Lipinski definition) is 9.